The summed E-state index contributed by atoms with van der Waals surface area (Å²) in [5, 5.41) is 0. The van der Waals surface area contributed by atoms with Crippen molar-refractivity contribution in [3.05, 3.63) is 35.9 Å². The number of hydrogen-bond donors (Lipinski definition) is 1. The van der Waals surface area contributed by atoms with Gasteiger partial charge in [0.2, 0.25) is 0 Å². The molecule has 14 heavy (non-hydrogen) atoms. The van der Waals surface area contributed by atoms with Crippen LogP contribution in [0.5, 0.6) is 0 Å². The molecule has 0 fully saturated rings. The van der Waals surface area contributed by atoms with Crippen LogP contribution >= 0.6 is 0 Å². The van der Waals surface area contributed by atoms with E-state index in [-0.39, 0.29) is 5.97 Å². The van der Waals surface area contributed by atoms with Crippen LogP contribution in [0.3, 0.4) is 0 Å². The van der Waals surface area contributed by atoms with Crippen molar-refractivity contribution >= 4 is 17.2 Å². The summed E-state index contributed by atoms with van der Waals surface area (Å²) in [6, 6.07) is 7.39. The first-order valence-corrected chi connectivity index (χ1v) is 4.26. The van der Waals surface area contributed by atoms with E-state index in [4.69, 9.17) is 5.73 Å². The van der Waals surface area contributed by atoms with Crippen molar-refractivity contribution in [2.75, 3.05) is 12.8 Å². The maximum atomic E-state index is 11.0. The molecule has 2 N–H and O–H groups in total. The fourth-order valence-corrected chi connectivity index (χ4v) is 1.17. The van der Waals surface area contributed by atoms with Crippen molar-refractivity contribution < 1.29 is 9.53 Å². The van der Waals surface area contributed by atoms with Gasteiger partial charge in [0.05, 0.1) is 7.11 Å². The SMILES string of the molecule is COC(=O)/C=C(\C)c1ccccc1N. The summed E-state index contributed by atoms with van der Waals surface area (Å²) in [6.07, 6.45) is 1.42. The number of rotatable bonds is 2. The van der Waals surface area contributed by atoms with Crippen LogP contribution in [0.2, 0.25) is 0 Å². The average Bonchev–Trinajstić information content (AvgIpc) is 2.18. The second-order valence-electron chi connectivity index (χ2n) is 2.94. The molecule has 3 nitrogen and oxygen atoms in total. The number of methoxy groups -OCH3 is 1. The van der Waals surface area contributed by atoms with Crippen LogP contribution in [0.15, 0.2) is 30.3 Å². The predicted octanol–water partition coefficient (Wildman–Crippen LogP) is 1.85. The molecule has 0 spiro atoms. The van der Waals surface area contributed by atoms with Gasteiger partial charge in [0.15, 0.2) is 0 Å². The van der Waals surface area contributed by atoms with Gasteiger partial charge in [0.1, 0.15) is 0 Å². The molecule has 0 aromatic heterocycles. The summed E-state index contributed by atoms with van der Waals surface area (Å²) in [5.41, 5.74) is 8.06. The number of allylic oxidation sites excluding steroid dienone is 1. The molecule has 74 valence electrons. The van der Waals surface area contributed by atoms with Gasteiger partial charge in [-0.05, 0) is 18.6 Å². The number of hydrogen-bond acceptors (Lipinski definition) is 3. The Labute approximate surface area is 83.2 Å². The molecule has 0 aliphatic carbocycles. The third kappa shape index (κ3) is 2.36. The van der Waals surface area contributed by atoms with Crippen molar-refractivity contribution in [3.63, 3.8) is 0 Å². The van der Waals surface area contributed by atoms with Crippen LogP contribution in [0.25, 0.3) is 5.57 Å². The van der Waals surface area contributed by atoms with E-state index in [9.17, 15) is 4.79 Å². The van der Waals surface area contributed by atoms with Gasteiger partial charge in [-0.2, -0.15) is 0 Å². The molecule has 1 aromatic rings. The molecule has 0 radical (unpaired) electrons. The highest BCUT2D eigenvalue weighted by molar-refractivity contribution is 5.92. The molecular weight excluding hydrogens is 178 g/mol. The van der Waals surface area contributed by atoms with Gasteiger partial charge in [-0.3, -0.25) is 0 Å². The maximum absolute atomic E-state index is 11.0. The second-order valence-corrected chi connectivity index (χ2v) is 2.94. The fourth-order valence-electron chi connectivity index (χ4n) is 1.17. The van der Waals surface area contributed by atoms with E-state index in [1.807, 2.05) is 25.1 Å². The standard InChI is InChI=1S/C11H13NO2/c1-8(7-11(13)14-2)9-5-3-4-6-10(9)12/h3-7H,12H2,1-2H3/b8-7+. The van der Waals surface area contributed by atoms with E-state index in [1.54, 1.807) is 6.07 Å². The summed E-state index contributed by atoms with van der Waals surface area (Å²) in [7, 11) is 1.35. The Kier molecular flexibility index (Phi) is 3.29. The number of para-hydroxylation sites is 1. The number of ether oxygens (including phenoxy) is 1. The van der Waals surface area contributed by atoms with Gasteiger partial charge < -0.3 is 10.5 Å². The molecule has 0 unspecified atom stereocenters. The molecule has 0 aliphatic rings. The fraction of sp³-hybridized carbons (Fsp3) is 0.182. The summed E-state index contributed by atoms with van der Waals surface area (Å²) >= 11 is 0. The second kappa shape index (κ2) is 4.46. The Morgan fingerprint density at radius 1 is 1.43 bits per heavy atom. The van der Waals surface area contributed by atoms with Crippen molar-refractivity contribution in [1.82, 2.24) is 0 Å². The van der Waals surface area contributed by atoms with Crippen LogP contribution in [-0.2, 0) is 9.53 Å². The van der Waals surface area contributed by atoms with Crippen LogP contribution in [-0.4, -0.2) is 13.1 Å². The molecule has 0 atom stereocenters. The number of anilines is 1. The molecule has 0 amide bonds. The largest absolute Gasteiger partial charge is 0.466 e. The molecule has 3 heteroatoms. The lowest BCUT2D eigenvalue weighted by Gasteiger charge is -2.04. The van der Waals surface area contributed by atoms with Gasteiger partial charge in [-0.1, -0.05) is 18.2 Å². The summed E-state index contributed by atoms with van der Waals surface area (Å²) in [6.45, 7) is 1.82. The molecule has 1 aromatic carbocycles. The Morgan fingerprint density at radius 2 is 2.07 bits per heavy atom. The minimum Gasteiger partial charge on any atom is -0.466 e. The highest BCUT2D eigenvalue weighted by Crippen LogP contribution is 2.20. The van der Waals surface area contributed by atoms with Gasteiger partial charge in [-0.25, -0.2) is 4.79 Å². The van der Waals surface area contributed by atoms with Crippen molar-refractivity contribution in [3.8, 4) is 0 Å². The molecule has 0 saturated carbocycles. The summed E-state index contributed by atoms with van der Waals surface area (Å²) < 4.78 is 4.53. The number of nitrogens with two attached hydrogens (primary N) is 1. The minimum atomic E-state index is -0.370. The number of benzene rings is 1. The number of carbonyl (C=O) groups excluding carboxylic acids is 1. The van der Waals surface area contributed by atoms with Crippen LogP contribution < -0.4 is 5.73 Å². The summed E-state index contributed by atoms with van der Waals surface area (Å²) in [4.78, 5) is 11.0. The first kappa shape index (κ1) is 10.3. The van der Waals surface area contributed by atoms with Crippen molar-refractivity contribution in [2.45, 2.75) is 6.92 Å². The Bertz CT molecular complexity index is 369. The molecule has 0 aliphatic heterocycles. The van der Waals surface area contributed by atoms with Gasteiger partial charge >= 0.3 is 5.97 Å². The highest BCUT2D eigenvalue weighted by atomic mass is 16.5. The van der Waals surface area contributed by atoms with Gasteiger partial charge in [0.25, 0.3) is 0 Å². The maximum Gasteiger partial charge on any atom is 0.330 e. The zero-order valence-corrected chi connectivity index (χ0v) is 8.28. The lowest BCUT2D eigenvalue weighted by Crippen LogP contribution is -1.97. The van der Waals surface area contributed by atoms with E-state index in [0.29, 0.717) is 5.69 Å². The Hall–Kier alpha value is -1.77. The third-order valence-electron chi connectivity index (χ3n) is 1.92. The number of esters is 1. The van der Waals surface area contributed by atoms with Crippen molar-refractivity contribution in [2.24, 2.45) is 0 Å². The first-order valence-electron chi connectivity index (χ1n) is 4.26. The Morgan fingerprint density at radius 3 is 2.64 bits per heavy atom. The average molecular weight is 191 g/mol. The number of nitrogen functional groups attached to an aromatic ring is 1. The monoisotopic (exact) mass is 191 g/mol. The normalized spacial score (nSPS) is 11.1. The zero-order chi connectivity index (χ0) is 10.6. The smallest absolute Gasteiger partial charge is 0.330 e. The molecule has 1 rings (SSSR count). The van der Waals surface area contributed by atoms with Gasteiger partial charge in [0, 0.05) is 17.3 Å². The van der Waals surface area contributed by atoms with E-state index in [1.165, 1.54) is 13.2 Å². The van der Waals surface area contributed by atoms with E-state index < -0.39 is 0 Å². The molecule has 0 bridgehead atoms. The van der Waals surface area contributed by atoms with Crippen LogP contribution in [0, 0.1) is 0 Å². The first-order chi connectivity index (χ1) is 6.65. The highest BCUT2D eigenvalue weighted by Gasteiger charge is 2.02. The topological polar surface area (TPSA) is 52.3 Å². The number of carbonyl (C=O) groups is 1. The van der Waals surface area contributed by atoms with E-state index >= 15 is 0 Å². The lowest BCUT2D eigenvalue weighted by atomic mass is 10.1. The third-order valence-corrected chi connectivity index (χ3v) is 1.92. The minimum absolute atomic E-state index is 0.370. The molecular formula is C11H13NO2. The van der Waals surface area contributed by atoms with Crippen LogP contribution in [0.4, 0.5) is 5.69 Å². The quantitative estimate of drug-likeness (QED) is 0.441. The zero-order valence-electron chi connectivity index (χ0n) is 8.28. The molecule has 0 heterocycles. The molecule has 0 saturated heterocycles. The summed E-state index contributed by atoms with van der Waals surface area (Å²) in [5.74, 6) is -0.370. The van der Waals surface area contributed by atoms with Crippen LogP contribution in [0.1, 0.15) is 12.5 Å². The van der Waals surface area contributed by atoms with E-state index in [0.717, 1.165) is 11.1 Å². The Balaban J connectivity index is 3.00. The predicted molar refractivity (Wildman–Crippen MR) is 56.5 cm³/mol. The van der Waals surface area contributed by atoms with Gasteiger partial charge in [-0.15, -0.1) is 0 Å². The lowest BCUT2D eigenvalue weighted by molar-refractivity contribution is -0.134. The van der Waals surface area contributed by atoms with Crippen molar-refractivity contribution in [1.29, 1.82) is 0 Å². The van der Waals surface area contributed by atoms with E-state index in [2.05, 4.69) is 4.74 Å².